The Bertz CT molecular complexity index is 360. The van der Waals surface area contributed by atoms with Gasteiger partial charge in [0.15, 0.2) is 0 Å². The van der Waals surface area contributed by atoms with Gasteiger partial charge >= 0.3 is 5.97 Å². The SMILES string of the molecule is COC1(CC(=O)N[C@H](CCC(N)=O)C(=O)O)CCC1. The van der Waals surface area contributed by atoms with Crippen LogP contribution in [0, 0.1) is 0 Å². The Balaban J connectivity index is 2.47. The van der Waals surface area contributed by atoms with Crippen molar-refractivity contribution in [3.05, 3.63) is 0 Å². The van der Waals surface area contributed by atoms with E-state index >= 15 is 0 Å². The number of carboxylic acids is 1. The van der Waals surface area contributed by atoms with E-state index in [2.05, 4.69) is 5.32 Å². The predicted molar refractivity (Wildman–Crippen MR) is 66.2 cm³/mol. The first-order chi connectivity index (χ1) is 8.88. The normalized spacial score (nSPS) is 18.2. The molecule has 7 nitrogen and oxygen atoms in total. The molecule has 1 rings (SSSR count). The van der Waals surface area contributed by atoms with E-state index in [0.29, 0.717) is 0 Å². The fraction of sp³-hybridized carbons (Fsp3) is 0.750. The highest BCUT2D eigenvalue weighted by molar-refractivity contribution is 5.84. The van der Waals surface area contributed by atoms with Crippen LogP contribution < -0.4 is 11.1 Å². The summed E-state index contributed by atoms with van der Waals surface area (Å²) in [6.45, 7) is 0. The highest BCUT2D eigenvalue weighted by Gasteiger charge is 2.39. The highest BCUT2D eigenvalue weighted by Crippen LogP contribution is 2.37. The van der Waals surface area contributed by atoms with E-state index in [-0.39, 0.29) is 25.2 Å². The molecule has 1 atom stereocenters. The van der Waals surface area contributed by atoms with E-state index in [4.69, 9.17) is 15.6 Å². The zero-order chi connectivity index (χ0) is 14.5. The number of amides is 2. The van der Waals surface area contributed by atoms with Crippen molar-refractivity contribution in [1.82, 2.24) is 5.32 Å². The third-order valence-corrected chi connectivity index (χ3v) is 3.49. The van der Waals surface area contributed by atoms with Crippen molar-refractivity contribution in [3.8, 4) is 0 Å². The molecule has 108 valence electrons. The zero-order valence-electron chi connectivity index (χ0n) is 11.0. The first-order valence-corrected chi connectivity index (χ1v) is 6.24. The largest absolute Gasteiger partial charge is 0.480 e. The van der Waals surface area contributed by atoms with Gasteiger partial charge in [-0.25, -0.2) is 4.79 Å². The quantitative estimate of drug-likeness (QED) is 0.564. The molecule has 0 spiro atoms. The predicted octanol–water partition coefficient (Wildman–Crippen LogP) is -0.219. The molecule has 0 aromatic rings. The Morgan fingerprint density at radius 2 is 2.05 bits per heavy atom. The molecule has 1 aliphatic rings. The minimum atomic E-state index is -1.17. The molecule has 0 heterocycles. The number of carbonyl (C=O) groups excluding carboxylic acids is 2. The first-order valence-electron chi connectivity index (χ1n) is 6.24. The summed E-state index contributed by atoms with van der Waals surface area (Å²) in [4.78, 5) is 33.4. The van der Waals surface area contributed by atoms with Crippen LogP contribution in [-0.4, -0.2) is 41.6 Å². The topological polar surface area (TPSA) is 119 Å². The third-order valence-electron chi connectivity index (χ3n) is 3.49. The maximum Gasteiger partial charge on any atom is 0.326 e. The van der Waals surface area contributed by atoms with E-state index in [1.807, 2.05) is 0 Å². The summed E-state index contributed by atoms with van der Waals surface area (Å²) in [6.07, 6.45) is 2.67. The van der Waals surface area contributed by atoms with Crippen LogP contribution >= 0.6 is 0 Å². The molecule has 0 saturated heterocycles. The second-order valence-electron chi connectivity index (χ2n) is 4.88. The Morgan fingerprint density at radius 1 is 1.42 bits per heavy atom. The molecule has 1 aliphatic carbocycles. The molecule has 0 aromatic carbocycles. The lowest BCUT2D eigenvalue weighted by Gasteiger charge is -2.40. The number of nitrogens with two attached hydrogens (primary N) is 1. The van der Waals surface area contributed by atoms with Gasteiger partial charge in [-0.15, -0.1) is 0 Å². The number of carbonyl (C=O) groups is 3. The number of aliphatic carboxylic acids is 1. The number of hydrogen-bond donors (Lipinski definition) is 3. The lowest BCUT2D eigenvalue weighted by Crippen LogP contribution is -2.48. The van der Waals surface area contributed by atoms with E-state index in [0.717, 1.165) is 19.3 Å². The Hall–Kier alpha value is -1.63. The number of methoxy groups -OCH3 is 1. The van der Waals surface area contributed by atoms with E-state index in [9.17, 15) is 14.4 Å². The number of ether oxygens (including phenoxy) is 1. The Morgan fingerprint density at radius 3 is 2.42 bits per heavy atom. The summed E-state index contributed by atoms with van der Waals surface area (Å²) >= 11 is 0. The van der Waals surface area contributed by atoms with Crippen molar-refractivity contribution in [2.45, 2.75) is 50.2 Å². The number of hydrogen-bond acceptors (Lipinski definition) is 4. The van der Waals surface area contributed by atoms with Crippen LogP contribution in [0.3, 0.4) is 0 Å². The second kappa shape index (κ2) is 6.51. The zero-order valence-corrected chi connectivity index (χ0v) is 11.0. The van der Waals surface area contributed by atoms with Crippen LogP contribution in [0.1, 0.15) is 38.5 Å². The molecule has 7 heteroatoms. The van der Waals surface area contributed by atoms with Gasteiger partial charge < -0.3 is 20.9 Å². The highest BCUT2D eigenvalue weighted by atomic mass is 16.5. The Labute approximate surface area is 111 Å². The molecule has 0 bridgehead atoms. The van der Waals surface area contributed by atoms with Gasteiger partial charge in [0, 0.05) is 13.5 Å². The second-order valence-corrected chi connectivity index (χ2v) is 4.88. The van der Waals surface area contributed by atoms with Crippen LogP contribution in [0.15, 0.2) is 0 Å². The van der Waals surface area contributed by atoms with Gasteiger partial charge in [-0.05, 0) is 25.7 Å². The molecule has 0 radical (unpaired) electrons. The summed E-state index contributed by atoms with van der Waals surface area (Å²) in [5.41, 5.74) is 4.51. The van der Waals surface area contributed by atoms with Gasteiger partial charge in [-0.2, -0.15) is 0 Å². The molecule has 2 amide bonds. The summed E-state index contributed by atoms with van der Waals surface area (Å²) in [5.74, 6) is -2.14. The van der Waals surface area contributed by atoms with Gasteiger partial charge in [0.1, 0.15) is 6.04 Å². The smallest absolute Gasteiger partial charge is 0.326 e. The first kappa shape index (κ1) is 15.4. The van der Waals surface area contributed by atoms with Crippen molar-refractivity contribution in [3.63, 3.8) is 0 Å². The number of carboxylic acid groups (broad SMARTS) is 1. The van der Waals surface area contributed by atoms with Crippen LogP contribution in [0.25, 0.3) is 0 Å². The maximum absolute atomic E-state index is 11.8. The van der Waals surface area contributed by atoms with E-state index < -0.39 is 23.5 Å². The van der Waals surface area contributed by atoms with Crippen LogP contribution in [0.5, 0.6) is 0 Å². The van der Waals surface area contributed by atoms with Gasteiger partial charge in [0.05, 0.1) is 12.0 Å². The summed E-state index contributed by atoms with van der Waals surface area (Å²) < 4.78 is 5.30. The average molecular weight is 272 g/mol. The molecule has 19 heavy (non-hydrogen) atoms. The molecule has 1 saturated carbocycles. The standard InChI is InChI=1S/C12H20N2O5/c1-19-12(5-2-6-12)7-10(16)14-8(11(17)18)3-4-9(13)15/h8H,2-7H2,1H3,(H2,13,15)(H,14,16)(H,17,18)/t8-/m1/s1. The number of rotatable bonds is 8. The lowest BCUT2D eigenvalue weighted by molar-refractivity contribution is -0.145. The molecule has 0 aromatic heterocycles. The van der Waals surface area contributed by atoms with Gasteiger partial charge in [0.25, 0.3) is 0 Å². The lowest BCUT2D eigenvalue weighted by atomic mass is 9.77. The minimum Gasteiger partial charge on any atom is -0.480 e. The van der Waals surface area contributed by atoms with E-state index in [1.165, 1.54) is 0 Å². The van der Waals surface area contributed by atoms with Crippen molar-refractivity contribution in [2.75, 3.05) is 7.11 Å². The third kappa shape index (κ3) is 4.51. The average Bonchev–Trinajstić information content (AvgIpc) is 2.28. The van der Waals surface area contributed by atoms with Crippen molar-refractivity contribution in [2.24, 2.45) is 5.73 Å². The Kier molecular flexibility index (Phi) is 5.29. The molecular weight excluding hydrogens is 252 g/mol. The van der Waals surface area contributed by atoms with Crippen molar-refractivity contribution < 1.29 is 24.2 Å². The summed E-state index contributed by atoms with van der Waals surface area (Å²) in [7, 11) is 1.55. The van der Waals surface area contributed by atoms with Crippen LogP contribution in [0.4, 0.5) is 0 Å². The molecule has 1 fully saturated rings. The molecular formula is C12H20N2O5. The van der Waals surface area contributed by atoms with Crippen molar-refractivity contribution in [1.29, 1.82) is 0 Å². The summed E-state index contributed by atoms with van der Waals surface area (Å²) in [5, 5.41) is 11.4. The fourth-order valence-electron chi connectivity index (χ4n) is 2.11. The van der Waals surface area contributed by atoms with Gasteiger partial charge in [-0.1, -0.05) is 0 Å². The maximum atomic E-state index is 11.8. The fourth-order valence-corrected chi connectivity index (χ4v) is 2.11. The van der Waals surface area contributed by atoms with Gasteiger partial charge in [-0.3, -0.25) is 9.59 Å². The number of primary amides is 1. The van der Waals surface area contributed by atoms with Crippen molar-refractivity contribution >= 4 is 17.8 Å². The summed E-state index contributed by atoms with van der Waals surface area (Å²) in [6, 6.07) is -1.09. The van der Waals surface area contributed by atoms with Crippen LogP contribution in [0.2, 0.25) is 0 Å². The molecule has 4 N–H and O–H groups in total. The monoisotopic (exact) mass is 272 g/mol. The minimum absolute atomic E-state index is 0.00358. The van der Waals surface area contributed by atoms with Crippen LogP contribution in [-0.2, 0) is 19.1 Å². The van der Waals surface area contributed by atoms with E-state index in [1.54, 1.807) is 7.11 Å². The number of nitrogens with one attached hydrogen (secondary N) is 1. The van der Waals surface area contributed by atoms with Gasteiger partial charge in [0.2, 0.25) is 11.8 Å². The molecule has 0 aliphatic heterocycles. The molecule has 0 unspecified atom stereocenters.